The largest absolute Gasteiger partial charge is 0.295 e. The molecule has 0 aliphatic carbocycles. The number of hydrogen-bond donors (Lipinski definition) is 0. The van der Waals surface area contributed by atoms with E-state index in [0.29, 0.717) is 28.7 Å². The smallest absolute Gasteiger partial charge is 0.186 e. The van der Waals surface area contributed by atoms with E-state index in [1.165, 1.54) is 11.3 Å². The summed E-state index contributed by atoms with van der Waals surface area (Å²) in [6.45, 7) is 1.36. The highest BCUT2D eigenvalue weighted by Gasteiger charge is 2.21. The molecule has 0 amide bonds. The molecule has 0 N–H and O–H groups in total. The maximum atomic E-state index is 12.0. The summed E-state index contributed by atoms with van der Waals surface area (Å²) < 4.78 is 23.5. The van der Waals surface area contributed by atoms with Crippen LogP contribution in [0.5, 0.6) is 0 Å². The monoisotopic (exact) mass is 307 g/mol. The van der Waals surface area contributed by atoms with E-state index in [4.69, 9.17) is 11.6 Å². The summed E-state index contributed by atoms with van der Waals surface area (Å²) in [5.74, 6) is 0.375. The summed E-state index contributed by atoms with van der Waals surface area (Å²) in [6, 6.07) is 3.41. The van der Waals surface area contributed by atoms with Gasteiger partial charge in [-0.2, -0.15) is 0 Å². The third-order valence-corrected chi connectivity index (χ3v) is 5.85. The molecule has 0 spiro atoms. The second kappa shape index (κ2) is 5.69. The fraction of sp³-hybridized carbons (Fsp3) is 0.545. The second-order valence-corrected chi connectivity index (χ2v) is 8.33. The van der Waals surface area contributed by atoms with Crippen molar-refractivity contribution < 1.29 is 13.2 Å². The Bertz CT molecular complexity index is 538. The zero-order chi connectivity index (χ0) is 13.2. The molecule has 100 valence electrons. The maximum absolute atomic E-state index is 12.0. The van der Waals surface area contributed by atoms with Gasteiger partial charge in [-0.1, -0.05) is 11.6 Å². The molecule has 1 aromatic rings. The average Bonchev–Trinajstić information content (AvgIpc) is 2.65. The van der Waals surface area contributed by atoms with Gasteiger partial charge in [-0.05, 0) is 25.1 Å². The first kappa shape index (κ1) is 14.0. The number of Topliss-reactive ketones (excluding diaryl/α,β-unsaturated/α-hetero) is 1. The Morgan fingerprint density at radius 2 is 2.11 bits per heavy atom. The standard InChI is InChI=1S/C11H14ClNO3S2/c12-11-3-2-10(17-11)9(14)8-13-4-1-6-18(15,16)7-5-13/h2-3H,1,4-8H2. The number of rotatable bonds is 3. The molecule has 1 saturated heterocycles. The van der Waals surface area contributed by atoms with Gasteiger partial charge in [0.15, 0.2) is 15.6 Å². The van der Waals surface area contributed by atoms with Crippen LogP contribution in [-0.2, 0) is 9.84 Å². The van der Waals surface area contributed by atoms with Crippen LogP contribution in [0.4, 0.5) is 0 Å². The molecule has 0 radical (unpaired) electrons. The number of halogens is 1. The van der Waals surface area contributed by atoms with Crippen molar-refractivity contribution in [3.05, 3.63) is 21.3 Å². The molecule has 2 heterocycles. The van der Waals surface area contributed by atoms with E-state index in [-0.39, 0.29) is 23.8 Å². The van der Waals surface area contributed by atoms with Crippen LogP contribution in [0.1, 0.15) is 16.1 Å². The van der Waals surface area contributed by atoms with Gasteiger partial charge in [0.1, 0.15) is 0 Å². The summed E-state index contributed by atoms with van der Waals surface area (Å²) in [5, 5.41) is 0. The predicted octanol–water partition coefficient (Wildman–Crippen LogP) is 1.70. The van der Waals surface area contributed by atoms with Crippen LogP contribution in [0, 0.1) is 0 Å². The third kappa shape index (κ3) is 3.78. The van der Waals surface area contributed by atoms with E-state index in [2.05, 4.69) is 0 Å². The van der Waals surface area contributed by atoms with Crippen LogP contribution in [-0.4, -0.2) is 50.2 Å². The fourth-order valence-electron chi connectivity index (χ4n) is 1.89. The van der Waals surface area contributed by atoms with Gasteiger partial charge in [0.2, 0.25) is 0 Å². The summed E-state index contributed by atoms with van der Waals surface area (Å²) >= 11 is 7.04. The van der Waals surface area contributed by atoms with Crippen molar-refractivity contribution in [3.8, 4) is 0 Å². The number of sulfone groups is 1. The molecular formula is C11H14ClNO3S2. The van der Waals surface area contributed by atoms with Crippen molar-refractivity contribution in [1.82, 2.24) is 4.90 Å². The maximum Gasteiger partial charge on any atom is 0.186 e. The van der Waals surface area contributed by atoms with Crippen LogP contribution in [0.2, 0.25) is 4.34 Å². The molecule has 1 aromatic heterocycles. The van der Waals surface area contributed by atoms with Crippen LogP contribution in [0.15, 0.2) is 12.1 Å². The van der Waals surface area contributed by atoms with Crippen LogP contribution in [0.3, 0.4) is 0 Å². The van der Waals surface area contributed by atoms with Crippen molar-refractivity contribution in [1.29, 1.82) is 0 Å². The van der Waals surface area contributed by atoms with Crippen molar-refractivity contribution in [3.63, 3.8) is 0 Å². The molecule has 1 fully saturated rings. The van der Waals surface area contributed by atoms with E-state index >= 15 is 0 Å². The number of ketones is 1. The molecule has 2 rings (SSSR count). The Hall–Kier alpha value is -0.430. The first-order valence-electron chi connectivity index (χ1n) is 5.67. The first-order chi connectivity index (χ1) is 8.46. The minimum absolute atomic E-state index is 0.00574. The van der Waals surface area contributed by atoms with Gasteiger partial charge < -0.3 is 0 Å². The van der Waals surface area contributed by atoms with Gasteiger partial charge in [0.05, 0.1) is 27.3 Å². The average molecular weight is 308 g/mol. The Kier molecular flexibility index (Phi) is 4.42. The number of carbonyl (C=O) groups excluding carboxylic acids is 1. The van der Waals surface area contributed by atoms with Crippen molar-refractivity contribution in [2.24, 2.45) is 0 Å². The lowest BCUT2D eigenvalue weighted by Crippen LogP contribution is -2.32. The number of hydrogen-bond acceptors (Lipinski definition) is 5. The molecule has 7 heteroatoms. The van der Waals surface area contributed by atoms with Gasteiger partial charge in [-0.3, -0.25) is 9.69 Å². The Morgan fingerprint density at radius 3 is 2.78 bits per heavy atom. The number of thiophene rings is 1. The SMILES string of the molecule is O=C(CN1CCCS(=O)(=O)CC1)c1ccc(Cl)s1. The van der Waals surface area contributed by atoms with Crippen molar-refractivity contribution in [2.75, 3.05) is 31.1 Å². The minimum atomic E-state index is -2.92. The number of carbonyl (C=O) groups is 1. The molecule has 0 bridgehead atoms. The van der Waals surface area contributed by atoms with Crippen LogP contribution in [0.25, 0.3) is 0 Å². The summed E-state index contributed by atoms with van der Waals surface area (Å²) in [7, 11) is -2.92. The number of nitrogens with zero attached hydrogens (tertiary/aromatic N) is 1. The first-order valence-corrected chi connectivity index (χ1v) is 8.69. The van der Waals surface area contributed by atoms with E-state index in [0.717, 1.165) is 0 Å². The van der Waals surface area contributed by atoms with E-state index in [1.807, 2.05) is 4.90 Å². The quantitative estimate of drug-likeness (QED) is 0.798. The Morgan fingerprint density at radius 1 is 1.33 bits per heavy atom. The summed E-state index contributed by atoms with van der Waals surface area (Å²) in [4.78, 5) is 14.5. The lowest BCUT2D eigenvalue weighted by molar-refractivity contribution is 0.0939. The van der Waals surface area contributed by atoms with E-state index in [9.17, 15) is 13.2 Å². The highest BCUT2D eigenvalue weighted by Crippen LogP contribution is 2.22. The molecule has 1 aliphatic rings. The third-order valence-electron chi connectivity index (χ3n) is 2.86. The minimum Gasteiger partial charge on any atom is -0.295 e. The van der Waals surface area contributed by atoms with Crippen molar-refractivity contribution >= 4 is 38.6 Å². The summed E-state index contributed by atoms with van der Waals surface area (Å²) in [6.07, 6.45) is 0.598. The zero-order valence-electron chi connectivity index (χ0n) is 9.76. The molecule has 1 aliphatic heterocycles. The van der Waals surface area contributed by atoms with Gasteiger partial charge in [-0.25, -0.2) is 8.42 Å². The molecule has 0 unspecified atom stereocenters. The molecule has 0 saturated carbocycles. The fourth-order valence-corrected chi connectivity index (χ4v) is 4.18. The molecule has 18 heavy (non-hydrogen) atoms. The molecule has 0 aromatic carbocycles. The highest BCUT2D eigenvalue weighted by molar-refractivity contribution is 7.91. The lowest BCUT2D eigenvalue weighted by Gasteiger charge is -2.17. The van der Waals surface area contributed by atoms with Crippen LogP contribution >= 0.6 is 22.9 Å². The predicted molar refractivity (Wildman–Crippen MR) is 73.4 cm³/mol. The molecule has 0 atom stereocenters. The van der Waals surface area contributed by atoms with Gasteiger partial charge >= 0.3 is 0 Å². The topological polar surface area (TPSA) is 54.5 Å². The molecule has 4 nitrogen and oxygen atoms in total. The van der Waals surface area contributed by atoms with Crippen LogP contribution < -0.4 is 0 Å². The highest BCUT2D eigenvalue weighted by atomic mass is 35.5. The van der Waals surface area contributed by atoms with Gasteiger partial charge in [0, 0.05) is 6.54 Å². The zero-order valence-corrected chi connectivity index (χ0v) is 12.2. The van der Waals surface area contributed by atoms with E-state index in [1.54, 1.807) is 12.1 Å². The van der Waals surface area contributed by atoms with E-state index < -0.39 is 9.84 Å². The lowest BCUT2D eigenvalue weighted by atomic mass is 10.3. The second-order valence-electron chi connectivity index (χ2n) is 4.31. The Balaban J connectivity index is 1.95. The summed E-state index contributed by atoms with van der Waals surface area (Å²) in [5.41, 5.74) is 0. The van der Waals surface area contributed by atoms with Gasteiger partial charge in [-0.15, -0.1) is 11.3 Å². The Labute approximate surface area is 115 Å². The van der Waals surface area contributed by atoms with Gasteiger partial charge in [0.25, 0.3) is 0 Å². The normalized spacial score (nSPS) is 20.5. The van der Waals surface area contributed by atoms with Crippen molar-refractivity contribution in [2.45, 2.75) is 6.42 Å². The molecular weight excluding hydrogens is 294 g/mol.